The Kier molecular flexibility index (Phi) is 6.07. The number of ether oxygens (including phenoxy) is 1. The normalized spacial score (nSPS) is 20.3. The average Bonchev–Trinajstić information content (AvgIpc) is 3.05. The third-order valence-electron chi connectivity index (χ3n) is 5.16. The van der Waals surface area contributed by atoms with Gasteiger partial charge in [-0.15, -0.1) is 0 Å². The number of likely N-dealkylation sites (tertiary alicyclic amines) is 1. The highest BCUT2D eigenvalue weighted by molar-refractivity contribution is 6.31. The largest absolute Gasteiger partial charge is 0.489 e. The van der Waals surface area contributed by atoms with Crippen molar-refractivity contribution in [2.24, 2.45) is 0 Å². The molecule has 0 radical (unpaired) electrons. The third-order valence-corrected chi connectivity index (χ3v) is 5.38. The van der Waals surface area contributed by atoms with Crippen molar-refractivity contribution >= 4 is 23.2 Å². The Hall–Kier alpha value is -1.46. The summed E-state index contributed by atoms with van der Waals surface area (Å²) < 4.78 is 5.78. The Bertz CT molecular complexity index is 623. The van der Waals surface area contributed by atoms with Crippen molar-refractivity contribution in [1.82, 2.24) is 10.2 Å². The maximum Gasteiger partial charge on any atom is 0.255 e. The van der Waals surface area contributed by atoms with Crippen LogP contribution in [-0.4, -0.2) is 56.7 Å². The fourth-order valence-corrected chi connectivity index (χ4v) is 3.89. The first kappa shape index (κ1) is 18.3. The standard InChI is InChI=1S/C19H28ClN3O2/c1-3-4-7-23-8-5-6-15(23)13-21-19(24)16-11-14(20)12-17-18(16)25-10-9-22(17)2/h11-12,15H,3-10,13H2,1-2H3,(H,21,24)/t15-/m0/s1. The van der Waals surface area contributed by atoms with Crippen molar-refractivity contribution in [3.63, 3.8) is 0 Å². The number of halogens is 1. The van der Waals surface area contributed by atoms with E-state index in [-0.39, 0.29) is 5.91 Å². The van der Waals surface area contributed by atoms with Crippen molar-refractivity contribution in [2.75, 3.05) is 44.7 Å². The molecule has 0 spiro atoms. The molecule has 1 aromatic rings. The van der Waals surface area contributed by atoms with Gasteiger partial charge >= 0.3 is 0 Å². The highest BCUT2D eigenvalue weighted by Gasteiger charge is 2.26. The van der Waals surface area contributed by atoms with E-state index in [4.69, 9.17) is 16.3 Å². The summed E-state index contributed by atoms with van der Waals surface area (Å²) in [6.07, 6.45) is 4.78. The average molecular weight is 366 g/mol. The first-order chi connectivity index (χ1) is 12.1. The number of nitrogens with zero attached hydrogens (tertiary/aromatic N) is 2. The molecule has 0 bridgehead atoms. The summed E-state index contributed by atoms with van der Waals surface area (Å²) in [7, 11) is 1.99. The molecule has 3 rings (SSSR count). The lowest BCUT2D eigenvalue weighted by molar-refractivity contribution is 0.0936. The monoisotopic (exact) mass is 365 g/mol. The number of rotatable bonds is 6. The van der Waals surface area contributed by atoms with Crippen LogP contribution in [-0.2, 0) is 0 Å². The van der Waals surface area contributed by atoms with Crippen molar-refractivity contribution in [3.8, 4) is 5.75 Å². The van der Waals surface area contributed by atoms with Crippen molar-refractivity contribution < 1.29 is 9.53 Å². The Morgan fingerprint density at radius 1 is 1.40 bits per heavy atom. The zero-order valence-electron chi connectivity index (χ0n) is 15.2. The molecule has 1 amide bonds. The highest BCUT2D eigenvalue weighted by Crippen LogP contribution is 2.37. The number of hydrogen-bond donors (Lipinski definition) is 1. The molecule has 25 heavy (non-hydrogen) atoms. The second-order valence-electron chi connectivity index (χ2n) is 6.97. The molecular weight excluding hydrogens is 338 g/mol. The number of nitrogens with one attached hydrogen (secondary N) is 1. The van der Waals surface area contributed by atoms with E-state index < -0.39 is 0 Å². The number of fused-ring (bicyclic) bond motifs is 1. The van der Waals surface area contributed by atoms with Crippen molar-refractivity contribution in [1.29, 1.82) is 0 Å². The van der Waals surface area contributed by atoms with E-state index in [1.165, 1.54) is 19.3 Å². The van der Waals surface area contributed by atoms with Crippen LogP contribution < -0.4 is 15.0 Å². The van der Waals surface area contributed by atoms with E-state index in [0.29, 0.717) is 35.5 Å². The van der Waals surface area contributed by atoms with E-state index in [9.17, 15) is 4.79 Å². The zero-order chi connectivity index (χ0) is 17.8. The number of carbonyl (C=O) groups is 1. The van der Waals surface area contributed by atoms with Crippen LogP contribution >= 0.6 is 11.6 Å². The van der Waals surface area contributed by atoms with Gasteiger partial charge < -0.3 is 15.0 Å². The van der Waals surface area contributed by atoms with Gasteiger partial charge in [0.05, 0.1) is 17.8 Å². The summed E-state index contributed by atoms with van der Waals surface area (Å²) >= 11 is 6.23. The van der Waals surface area contributed by atoms with Gasteiger partial charge in [-0.25, -0.2) is 0 Å². The molecule has 1 N–H and O–H groups in total. The first-order valence-electron chi connectivity index (χ1n) is 9.30. The lowest BCUT2D eigenvalue weighted by Gasteiger charge is -2.29. The van der Waals surface area contributed by atoms with Crippen LogP contribution in [0.1, 0.15) is 43.0 Å². The fourth-order valence-electron chi connectivity index (χ4n) is 3.68. The fraction of sp³-hybridized carbons (Fsp3) is 0.632. The van der Waals surface area contributed by atoms with E-state index in [1.807, 2.05) is 13.1 Å². The van der Waals surface area contributed by atoms with Crippen LogP contribution in [0.15, 0.2) is 12.1 Å². The minimum atomic E-state index is -0.101. The molecule has 0 saturated carbocycles. The molecule has 1 aromatic carbocycles. The topological polar surface area (TPSA) is 44.8 Å². The summed E-state index contributed by atoms with van der Waals surface area (Å²) in [5.74, 6) is 0.543. The second kappa shape index (κ2) is 8.28. The number of hydrogen-bond acceptors (Lipinski definition) is 4. The third kappa shape index (κ3) is 4.21. The van der Waals surface area contributed by atoms with Gasteiger partial charge in [0, 0.05) is 24.7 Å². The van der Waals surface area contributed by atoms with Crippen molar-refractivity contribution in [2.45, 2.75) is 38.6 Å². The molecule has 6 heteroatoms. The Morgan fingerprint density at radius 2 is 2.24 bits per heavy atom. The number of carbonyl (C=O) groups excluding carboxylic acids is 1. The van der Waals surface area contributed by atoms with E-state index >= 15 is 0 Å². The summed E-state index contributed by atoms with van der Waals surface area (Å²) in [5.41, 5.74) is 1.42. The summed E-state index contributed by atoms with van der Waals surface area (Å²) in [4.78, 5) is 17.3. The second-order valence-corrected chi connectivity index (χ2v) is 7.40. The Morgan fingerprint density at radius 3 is 3.04 bits per heavy atom. The SMILES string of the molecule is CCCCN1CCC[C@H]1CNC(=O)c1cc(Cl)cc2c1OCCN2C. The number of benzene rings is 1. The predicted octanol–water partition coefficient (Wildman–Crippen LogP) is 3.16. The number of likely N-dealkylation sites (N-methyl/N-ethyl adjacent to an activating group) is 1. The minimum Gasteiger partial charge on any atom is -0.489 e. The smallest absolute Gasteiger partial charge is 0.255 e. The molecule has 0 aromatic heterocycles. The first-order valence-corrected chi connectivity index (χ1v) is 9.67. The lowest BCUT2D eigenvalue weighted by atomic mass is 10.1. The molecule has 2 aliphatic rings. The van der Waals surface area contributed by atoms with Gasteiger partial charge in [-0.1, -0.05) is 24.9 Å². The maximum atomic E-state index is 12.8. The van der Waals surface area contributed by atoms with Crippen LogP contribution in [0.5, 0.6) is 5.75 Å². The summed E-state index contributed by atoms with van der Waals surface area (Å²) in [6, 6.07) is 4.00. The zero-order valence-corrected chi connectivity index (χ0v) is 15.9. The molecule has 1 saturated heterocycles. The van der Waals surface area contributed by atoms with Crippen LogP contribution in [0.3, 0.4) is 0 Å². The number of unbranched alkanes of at least 4 members (excludes halogenated alkanes) is 1. The summed E-state index contributed by atoms with van der Waals surface area (Å²) in [6.45, 7) is 6.53. The highest BCUT2D eigenvalue weighted by atomic mass is 35.5. The van der Waals surface area contributed by atoms with E-state index in [2.05, 4.69) is 22.0 Å². The van der Waals surface area contributed by atoms with Gasteiger partial charge in [0.2, 0.25) is 0 Å². The van der Waals surface area contributed by atoms with Gasteiger partial charge in [0.15, 0.2) is 5.75 Å². The predicted molar refractivity (Wildman–Crippen MR) is 102 cm³/mol. The summed E-state index contributed by atoms with van der Waals surface area (Å²) in [5, 5.41) is 3.66. The van der Waals surface area contributed by atoms with Gasteiger partial charge in [0.1, 0.15) is 6.61 Å². The lowest BCUT2D eigenvalue weighted by Crippen LogP contribution is -2.41. The molecule has 5 nitrogen and oxygen atoms in total. The van der Waals surface area contributed by atoms with Crippen LogP contribution in [0, 0.1) is 0 Å². The van der Waals surface area contributed by atoms with Crippen molar-refractivity contribution in [3.05, 3.63) is 22.7 Å². The molecule has 1 fully saturated rings. The van der Waals surface area contributed by atoms with E-state index in [1.54, 1.807) is 6.07 Å². The molecule has 0 unspecified atom stereocenters. The minimum absolute atomic E-state index is 0.101. The van der Waals surface area contributed by atoms with Crippen LogP contribution in [0.4, 0.5) is 5.69 Å². The van der Waals surface area contributed by atoms with Gasteiger partial charge in [-0.2, -0.15) is 0 Å². The van der Waals surface area contributed by atoms with E-state index in [0.717, 1.165) is 31.7 Å². The Labute approximate surface area is 155 Å². The van der Waals surface area contributed by atoms with Gasteiger partial charge in [0.25, 0.3) is 5.91 Å². The van der Waals surface area contributed by atoms with Crippen LogP contribution in [0.25, 0.3) is 0 Å². The van der Waals surface area contributed by atoms with Crippen LogP contribution in [0.2, 0.25) is 5.02 Å². The number of amides is 1. The number of anilines is 1. The molecule has 138 valence electrons. The van der Waals surface area contributed by atoms with Gasteiger partial charge in [-0.3, -0.25) is 9.69 Å². The Balaban J connectivity index is 1.67. The molecule has 2 aliphatic heterocycles. The van der Waals surface area contributed by atoms with Gasteiger partial charge in [-0.05, 0) is 44.5 Å². The molecular formula is C19H28ClN3O2. The molecule has 1 atom stereocenters. The quantitative estimate of drug-likeness (QED) is 0.841. The molecule has 0 aliphatic carbocycles. The maximum absolute atomic E-state index is 12.8. The molecule has 2 heterocycles.